The van der Waals surface area contributed by atoms with Crippen molar-refractivity contribution in [2.45, 2.75) is 38.8 Å². The van der Waals surface area contributed by atoms with Crippen LogP contribution < -0.4 is 4.74 Å². The first-order valence-corrected chi connectivity index (χ1v) is 7.66. The first-order chi connectivity index (χ1) is 10.7. The molecule has 1 aromatic rings. The number of alkyl halides is 1. The Morgan fingerprint density at radius 2 is 2.13 bits per heavy atom. The molecule has 6 heteroatoms. The van der Waals surface area contributed by atoms with Crippen molar-refractivity contribution in [1.29, 1.82) is 0 Å². The first-order valence-electron chi connectivity index (χ1n) is 7.66. The number of halogens is 1. The van der Waals surface area contributed by atoms with Gasteiger partial charge in [0.1, 0.15) is 5.75 Å². The molecule has 1 saturated heterocycles. The van der Waals surface area contributed by atoms with E-state index in [9.17, 15) is 14.0 Å². The molecular formula is C17H22FNO4. The molecule has 1 aromatic carbocycles. The Kier molecular flexibility index (Phi) is 4.92. The Morgan fingerprint density at radius 1 is 1.43 bits per heavy atom. The molecule has 23 heavy (non-hydrogen) atoms. The molecule has 0 aromatic heterocycles. The van der Waals surface area contributed by atoms with E-state index < -0.39 is 24.1 Å². The third kappa shape index (κ3) is 3.81. The summed E-state index contributed by atoms with van der Waals surface area (Å²) in [7, 11) is 0. The molecular weight excluding hydrogens is 301 g/mol. The van der Waals surface area contributed by atoms with Crippen molar-refractivity contribution in [1.82, 2.24) is 4.90 Å². The summed E-state index contributed by atoms with van der Waals surface area (Å²) in [6, 6.07) is 5.81. The quantitative estimate of drug-likeness (QED) is 0.904. The predicted molar refractivity (Wildman–Crippen MR) is 83.4 cm³/mol. The number of aryl methyl sites for hydroxylation is 1. The number of aliphatic carboxylic acids is 1. The summed E-state index contributed by atoms with van der Waals surface area (Å²) < 4.78 is 19.6. The van der Waals surface area contributed by atoms with Crippen LogP contribution >= 0.6 is 0 Å². The minimum absolute atomic E-state index is 0.0931. The molecule has 2 rings (SSSR count). The van der Waals surface area contributed by atoms with Crippen LogP contribution in [0.1, 0.15) is 37.3 Å². The number of hydrogen-bond donors (Lipinski definition) is 1. The number of rotatable bonds is 5. The Labute approximate surface area is 135 Å². The minimum atomic E-state index is -2.35. The second-order valence-electron chi connectivity index (χ2n) is 6.32. The van der Waals surface area contributed by atoms with E-state index in [0.29, 0.717) is 5.75 Å². The van der Waals surface area contributed by atoms with Gasteiger partial charge in [-0.25, -0.2) is 9.18 Å². The van der Waals surface area contributed by atoms with Gasteiger partial charge in [-0.1, -0.05) is 26.0 Å². The van der Waals surface area contributed by atoms with Crippen LogP contribution in [0.4, 0.5) is 4.39 Å². The lowest BCUT2D eigenvalue weighted by Crippen LogP contribution is -2.40. The van der Waals surface area contributed by atoms with Gasteiger partial charge < -0.3 is 14.7 Å². The fraction of sp³-hybridized carbons (Fsp3) is 0.529. The number of likely N-dealkylation sites (tertiary alicyclic amines) is 1. The number of carbonyl (C=O) groups excluding carboxylic acids is 1. The minimum Gasteiger partial charge on any atom is -0.483 e. The van der Waals surface area contributed by atoms with E-state index in [0.717, 1.165) is 11.1 Å². The molecule has 0 bridgehead atoms. The SMILES string of the molecule is Cc1ccc(C(C)C)c(OCC(=O)N2CCC(F)(C(=O)O)C2)c1. The predicted octanol–water partition coefficient (Wildman–Crippen LogP) is 2.52. The van der Waals surface area contributed by atoms with Crippen LogP contribution in [0, 0.1) is 6.92 Å². The molecule has 1 heterocycles. The summed E-state index contributed by atoms with van der Waals surface area (Å²) in [4.78, 5) is 24.2. The molecule has 1 amide bonds. The lowest BCUT2D eigenvalue weighted by atomic mass is 10.0. The van der Waals surface area contributed by atoms with Crippen LogP contribution in [0.15, 0.2) is 18.2 Å². The van der Waals surface area contributed by atoms with Gasteiger partial charge in [0, 0.05) is 13.0 Å². The smallest absolute Gasteiger partial charge is 0.343 e. The van der Waals surface area contributed by atoms with Crippen LogP contribution in [-0.2, 0) is 9.59 Å². The van der Waals surface area contributed by atoms with E-state index in [1.54, 1.807) is 0 Å². The highest BCUT2D eigenvalue weighted by atomic mass is 19.1. The third-order valence-corrected chi connectivity index (χ3v) is 4.10. The molecule has 0 radical (unpaired) electrons. The maximum Gasteiger partial charge on any atom is 0.343 e. The summed E-state index contributed by atoms with van der Waals surface area (Å²) in [5.41, 5.74) is -0.330. The Morgan fingerprint density at radius 3 is 2.70 bits per heavy atom. The van der Waals surface area contributed by atoms with Crippen molar-refractivity contribution in [3.8, 4) is 5.75 Å². The lowest BCUT2D eigenvalue weighted by molar-refractivity contribution is -0.150. The van der Waals surface area contributed by atoms with Gasteiger partial charge in [0.15, 0.2) is 6.61 Å². The number of amides is 1. The molecule has 0 aliphatic carbocycles. The normalized spacial score (nSPS) is 20.8. The van der Waals surface area contributed by atoms with E-state index in [1.165, 1.54) is 4.90 Å². The topological polar surface area (TPSA) is 66.8 Å². The zero-order valence-corrected chi connectivity index (χ0v) is 13.6. The van der Waals surface area contributed by atoms with Gasteiger partial charge in [-0.15, -0.1) is 0 Å². The molecule has 0 spiro atoms. The molecule has 1 atom stereocenters. The fourth-order valence-electron chi connectivity index (χ4n) is 2.63. The summed E-state index contributed by atoms with van der Waals surface area (Å²) in [6.07, 6.45) is -0.185. The Balaban J connectivity index is 2.01. The van der Waals surface area contributed by atoms with Crippen LogP contribution in [0.5, 0.6) is 5.75 Å². The van der Waals surface area contributed by atoms with E-state index >= 15 is 0 Å². The van der Waals surface area contributed by atoms with E-state index in [1.807, 2.05) is 39.0 Å². The number of benzene rings is 1. The van der Waals surface area contributed by atoms with Crippen molar-refractivity contribution in [3.05, 3.63) is 29.3 Å². The van der Waals surface area contributed by atoms with Crippen LogP contribution in [0.25, 0.3) is 0 Å². The third-order valence-electron chi connectivity index (χ3n) is 4.10. The van der Waals surface area contributed by atoms with Gasteiger partial charge >= 0.3 is 5.97 Å². The summed E-state index contributed by atoms with van der Waals surface area (Å²) >= 11 is 0. The van der Waals surface area contributed by atoms with Gasteiger partial charge in [-0.3, -0.25) is 4.79 Å². The highest BCUT2D eigenvalue weighted by molar-refractivity contribution is 5.83. The van der Waals surface area contributed by atoms with Crippen molar-refractivity contribution >= 4 is 11.9 Å². The first kappa shape index (κ1) is 17.2. The fourth-order valence-corrected chi connectivity index (χ4v) is 2.63. The zero-order valence-electron chi connectivity index (χ0n) is 13.6. The number of carbonyl (C=O) groups is 2. The molecule has 1 fully saturated rings. The Hall–Kier alpha value is -2.11. The molecule has 1 aliphatic heterocycles. The summed E-state index contributed by atoms with van der Waals surface area (Å²) in [6.45, 7) is 5.45. The molecule has 126 valence electrons. The monoisotopic (exact) mass is 323 g/mol. The van der Waals surface area contributed by atoms with E-state index in [4.69, 9.17) is 9.84 Å². The van der Waals surface area contributed by atoms with Gasteiger partial charge in [0.05, 0.1) is 6.54 Å². The van der Waals surface area contributed by atoms with Crippen molar-refractivity contribution in [2.75, 3.05) is 19.7 Å². The van der Waals surface area contributed by atoms with Crippen LogP contribution in [-0.4, -0.2) is 47.2 Å². The maximum atomic E-state index is 14.0. The van der Waals surface area contributed by atoms with Crippen LogP contribution in [0.2, 0.25) is 0 Å². The molecule has 1 N–H and O–H groups in total. The molecule has 0 saturated carbocycles. The highest BCUT2D eigenvalue weighted by Gasteiger charge is 2.46. The molecule has 1 aliphatic rings. The van der Waals surface area contributed by atoms with Crippen molar-refractivity contribution < 1.29 is 23.8 Å². The Bertz CT molecular complexity index is 617. The second kappa shape index (κ2) is 6.56. The number of nitrogens with zero attached hydrogens (tertiary/aromatic N) is 1. The average Bonchev–Trinajstić information content (AvgIpc) is 2.88. The second-order valence-corrected chi connectivity index (χ2v) is 6.32. The summed E-state index contributed by atoms with van der Waals surface area (Å²) in [5.74, 6) is -1.04. The van der Waals surface area contributed by atoms with Gasteiger partial charge in [-0.05, 0) is 30.0 Å². The van der Waals surface area contributed by atoms with Gasteiger partial charge in [0.2, 0.25) is 5.67 Å². The van der Waals surface area contributed by atoms with Gasteiger partial charge in [-0.2, -0.15) is 0 Å². The average molecular weight is 323 g/mol. The van der Waals surface area contributed by atoms with E-state index in [-0.39, 0.29) is 25.5 Å². The molecule has 1 unspecified atom stereocenters. The maximum absolute atomic E-state index is 14.0. The standard InChI is InChI=1S/C17H22FNO4/c1-11(2)13-5-4-12(3)8-14(13)23-9-15(20)19-7-6-17(18,10-19)16(21)22/h4-5,8,11H,6-7,9-10H2,1-3H3,(H,21,22). The van der Waals surface area contributed by atoms with E-state index in [2.05, 4.69) is 0 Å². The largest absolute Gasteiger partial charge is 0.483 e. The van der Waals surface area contributed by atoms with Gasteiger partial charge in [0.25, 0.3) is 5.91 Å². The number of carboxylic acids is 1. The zero-order chi connectivity index (χ0) is 17.2. The number of hydrogen-bond acceptors (Lipinski definition) is 3. The molecule has 5 nitrogen and oxygen atoms in total. The number of carboxylic acid groups (broad SMARTS) is 1. The summed E-state index contributed by atoms with van der Waals surface area (Å²) in [5, 5.41) is 8.86. The van der Waals surface area contributed by atoms with Crippen LogP contribution in [0.3, 0.4) is 0 Å². The lowest BCUT2D eigenvalue weighted by Gasteiger charge is -2.19. The number of ether oxygens (including phenoxy) is 1. The van der Waals surface area contributed by atoms with Crippen molar-refractivity contribution in [2.24, 2.45) is 0 Å². The van der Waals surface area contributed by atoms with Crippen molar-refractivity contribution in [3.63, 3.8) is 0 Å². The highest BCUT2D eigenvalue weighted by Crippen LogP contribution is 2.28.